The monoisotopic (exact) mass is 269 g/mol. The Hall–Kier alpha value is -0.450. The molecule has 0 atom stereocenters. The molecule has 0 radical (unpaired) electrons. The van der Waals surface area contributed by atoms with Crippen molar-refractivity contribution in [1.29, 1.82) is 0 Å². The van der Waals surface area contributed by atoms with Gasteiger partial charge < -0.3 is 4.74 Å². The number of rotatable bonds is 1. The molecule has 4 heteroatoms. The Bertz CT molecular complexity index is 478. The van der Waals surface area contributed by atoms with Gasteiger partial charge in [-0.25, -0.2) is 4.98 Å². The van der Waals surface area contributed by atoms with Crippen molar-refractivity contribution < 1.29 is 4.74 Å². The van der Waals surface area contributed by atoms with Crippen LogP contribution >= 0.6 is 27.3 Å². The van der Waals surface area contributed by atoms with Gasteiger partial charge in [-0.05, 0) is 18.2 Å². The lowest BCUT2D eigenvalue weighted by Gasteiger charge is -2.23. The van der Waals surface area contributed by atoms with Crippen molar-refractivity contribution >= 4 is 37.5 Å². The first-order valence-corrected chi connectivity index (χ1v) is 6.07. The van der Waals surface area contributed by atoms with Gasteiger partial charge in [0.25, 0.3) is 0 Å². The van der Waals surface area contributed by atoms with Crippen molar-refractivity contribution in [3.8, 4) is 0 Å². The maximum atomic E-state index is 5.17. The quantitative estimate of drug-likeness (QED) is 0.794. The average molecular weight is 270 g/mol. The topological polar surface area (TPSA) is 22.1 Å². The summed E-state index contributed by atoms with van der Waals surface area (Å²) in [7, 11) is 0. The third-order valence-corrected chi connectivity index (χ3v) is 4.05. The van der Waals surface area contributed by atoms with Crippen molar-refractivity contribution in [2.75, 3.05) is 13.2 Å². The van der Waals surface area contributed by atoms with Crippen molar-refractivity contribution in [1.82, 2.24) is 4.98 Å². The second-order valence-electron chi connectivity index (χ2n) is 3.40. The summed E-state index contributed by atoms with van der Waals surface area (Å²) in [6, 6.07) is 6.23. The summed E-state index contributed by atoms with van der Waals surface area (Å²) in [5.74, 6) is 0.533. The molecule has 0 spiro atoms. The Balaban J connectivity index is 2.10. The minimum atomic E-state index is 0.533. The highest BCUT2D eigenvalue weighted by atomic mass is 79.9. The number of hydrogen-bond donors (Lipinski definition) is 0. The zero-order chi connectivity index (χ0) is 9.54. The molecule has 1 fully saturated rings. The van der Waals surface area contributed by atoms with Crippen LogP contribution < -0.4 is 0 Å². The largest absolute Gasteiger partial charge is 0.380 e. The van der Waals surface area contributed by atoms with Gasteiger partial charge in [0, 0.05) is 4.47 Å². The van der Waals surface area contributed by atoms with Crippen LogP contribution in [-0.4, -0.2) is 18.2 Å². The van der Waals surface area contributed by atoms with E-state index in [0.717, 1.165) is 23.2 Å². The molecule has 0 unspecified atom stereocenters. The summed E-state index contributed by atoms with van der Waals surface area (Å²) >= 11 is 5.23. The number of halogens is 1. The molecule has 1 aromatic carbocycles. The summed E-state index contributed by atoms with van der Waals surface area (Å²) in [5, 5.41) is 1.21. The second-order valence-corrected chi connectivity index (χ2v) is 5.38. The molecule has 2 aromatic rings. The Morgan fingerprint density at radius 1 is 1.43 bits per heavy atom. The summed E-state index contributed by atoms with van der Waals surface area (Å²) in [6.45, 7) is 1.67. The molecular formula is C10H8BrNOS. The van der Waals surface area contributed by atoms with Crippen LogP contribution in [0.2, 0.25) is 0 Å². The van der Waals surface area contributed by atoms with Crippen LogP contribution in [0.3, 0.4) is 0 Å². The highest BCUT2D eigenvalue weighted by Gasteiger charge is 2.23. The maximum absolute atomic E-state index is 5.17. The number of aromatic nitrogens is 1. The molecule has 1 aromatic heterocycles. The van der Waals surface area contributed by atoms with Crippen LogP contribution in [0, 0.1) is 0 Å². The molecule has 2 heterocycles. The molecule has 14 heavy (non-hydrogen) atoms. The first-order chi connectivity index (χ1) is 6.83. The van der Waals surface area contributed by atoms with Crippen molar-refractivity contribution in [2.24, 2.45) is 0 Å². The first kappa shape index (κ1) is 8.83. The van der Waals surface area contributed by atoms with Gasteiger partial charge in [-0.3, -0.25) is 0 Å². The van der Waals surface area contributed by atoms with Crippen LogP contribution in [0.4, 0.5) is 0 Å². The van der Waals surface area contributed by atoms with Crippen LogP contribution in [0.1, 0.15) is 10.9 Å². The third kappa shape index (κ3) is 1.38. The lowest BCUT2D eigenvalue weighted by Crippen LogP contribution is -2.24. The van der Waals surface area contributed by atoms with E-state index in [1.54, 1.807) is 11.3 Å². The molecule has 1 aliphatic rings. The van der Waals surface area contributed by atoms with Gasteiger partial charge in [-0.2, -0.15) is 0 Å². The lowest BCUT2D eigenvalue weighted by molar-refractivity contribution is 0.00842. The van der Waals surface area contributed by atoms with E-state index in [-0.39, 0.29) is 0 Å². The van der Waals surface area contributed by atoms with Gasteiger partial charge in [-0.15, -0.1) is 11.3 Å². The Morgan fingerprint density at radius 2 is 2.29 bits per heavy atom. The maximum Gasteiger partial charge on any atom is 0.102 e. The van der Waals surface area contributed by atoms with E-state index in [2.05, 4.69) is 39.1 Å². The van der Waals surface area contributed by atoms with Crippen LogP contribution in [0.15, 0.2) is 22.7 Å². The molecule has 3 rings (SSSR count). The zero-order valence-electron chi connectivity index (χ0n) is 7.37. The summed E-state index contributed by atoms with van der Waals surface area (Å²) in [5.41, 5.74) is 1.09. The lowest BCUT2D eigenvalue weighted by atomic mass is 10.1. The number of ether oxygens (including phenoxy) is 1. The second kappa shape index (κ2) is 3.29. The first-order valence-electron chi connectivity index (χ1n) is 4.46. The van der Waals surface area contributed by atoms with Gasteiger partial charge in [0.1, 0.15) is 5.01 Å². The average Bonchev–Trinajstić information content (AvgIpc) is 2.43. The number of nitrogens with zero attached hydrogens (tertiary/aromatic N) is 1. The fourth-order valence-corrected chi connectivity index (χ4v) is 2.84. The molecule has 0 aliphatic carbocycles. The minimum absolute atomic E-state index is 0.533. The molecule has 0 saturated carbocycles. The SMILES string of the molecule is Brc1ccc2sc(C3COC3)nc2c1. The molecule has 1 aliphatic heterocycles. The number of hydrogen-bond acceptors (Lipinski definition) is 3. The van der Waals surface area contributed by atoms with Gasteiger partial charge in [0.2, 0.25) is 0 Å². The predicted molar refractivity (Wildman–Crippen MR) is 60.9 cm³/mol. The highest BCUT2D eigenvalue weighted by Crippen LogP contribution is 2.32. The van der Waals surface area contributed by atoms with Crippen molar-refractivity contribution in [2.45, 2.75) is 5.92 Å². The molecule has 0 amide bonds. The van der Waals surface area contributed by atoms with Crippen LogP contribution in [0.5, 0.6) is 0 Å². The summed E-state index contributed by atoms with van der Waals surface area (Å²) < 4.78 is 7.52. The van der Waals surface area contributed by atoms with Gasteiger partial charge in [0.05, 0.1) is 29.3 Å². The molecular weight excluding hydrogens is 262 g/mol. The van der Waals surface area contributed by atoms with Gasteiger partial charge in [-0.1, -0.05) is 15.9 Å². The fourth-order valence-electron chi connectivity index (χ4n) is 1.47. The Morgan fingerprint density at radius 3 is 3.00 bits per heavy atom. The van der Waals surface area contributed by atoms with E-state index >= 15 is 0 Å². The van der Waals surface area contributed by atoms with Crippen molar-refractivity contribution in [3.63, 3.8) is 0 Å². The highest BCUT2D eigenvalue weighted by molar-refractivity contribution is 9.10. The molecule has 0 N–H and O–H groups in total. The normalized spacial score (nSPS) is 17.2. The number of fused-ring (bicyclic) bond motifs is 1. The molecule has 2 nitrogen and oxygen atoms in total. The Kier molecular flexibility index (Phi) is 2.08. The smallest absolute Gasteiger partial charge is 0.102 e. The number of benzene rings is 1. The van der Waals surface area contributed by atoms with Crippen molar-refractivity contribution in [3.05, 3.63) is 27.7 Å². The predicted octanol–water partition coefficient (Wildman–Crippen LogP) is 3.17. The summed E-state index contributed by atoms with van der Waals surface area (Å²) in [4.78, 5) is 4.60. The molecule has 1 saturated heterocycles. The third-order valence-electron chi connectivity index (χ3n) is 2.35. The number of thiazole rings is 1. The summed E-state index contributed by atoms with van der Waals surface area (Å²) in [6.07, 6.45) is 0. The molecule has 0 bridgehead atoms. The van der Waals surface area contributed by atoms with Gasteiger partial charge in [0.15, 0.2) is 0 Å². The van der Waals surface area contributed by atoms with Crippen LogP contribution in [0.25, 0.3) is 10.2 Å². The minimum Gasteiger partial charge on any atom is -0.380 e. The van der Waals surface area contributed by atoms with E-state index in [9.17, 15) is 0 Å². The fraction of sp³-hybridized carbons (Fsp3) is 0.300. The van der Waals surface area contributed by atoms with Crippen LogP contribution in [-0.2, 0) is 4.74 Å². The van der Waals surface area contributed by atoms with Gasteiger partial charge >= 0.3 is 0 Å². The van der Waals surface area contributed by atoms with E-state index in [0.29, 0.717) is 5.92 Å². The molecule has 72 valence electrons. The standard InChI is InChI=1S/C10H8BrNOS/c11-7-1-2-9-8(3-7)12-10(14-9)6-4-13-5-6/h1-3,6H,4-5H2. The van der Waals surface area contributed by atoms with E-state index < -0.39 is 0 Å². The van der Waals surface area contributed by atoms with E-state index in [1.165, 1.54) is 9.71 Å². The Labute approximate surface area is 94.0 Å². The zero-order valence-corrected chi connectivity index (χ0v) is 9.77. The van der Waals surface area contributed by atoms with E-state index in [1.807, 2.05) is 0 Å². The van der Waals surface area contributed by atoms with E-state index in [4.69, 9.17) is 4.74 Å².